The van der Waals surface area contributed by atoms with Gasteiger partial charge in [-0.2, -0.15) is 0 Å². The summed E-state index contributed by atoms with van der Waals surface area (Å²) in [4.78, 5) is 28.9. The zero-order chi connectivity index (χ0) is 18.1. The number of aromatic nitrogens is 1. The molecule has 5 nitrogen and oxygen atoms in total. The number of thiazole rings is 1. The normalized spacial score (nSPS) is 13.9. The fourth-order valence-electron chi connectivity index (χ4n) is 2.80. The average molecular weight is 362 g/mol. The van der Waals surface area contributed by atoms with E-state index in [0.717, 1.165) is 32.7 Å². The molecule has 0 bridgehead atoms. The summed E-state index contributed by atoms with van der Waals surface area (Å²) in [6.07, 6.45) is 3.42. The van der Waals surface area contributed by atoms with Crippen LogP contribution < -0.4 is 4.87 Å². The van der Waals surface area contributed by atoms with Gasteiger partial charge in [-0.1, -0.05) is 59.9 Å². The number of aliphatic imine (C=N–C) groups is 1. The molecule has 0 spiro atoms. The van der Waals surface area contributed by atoms with Crippen LogP contribution in [0.5, 0.6) is 5.88 Å². The van der Waals surface area contributed by atoms with Crippen molar-refractivity contribution in [2.45, 2.75) is 6.54 Å². The van der Waals surface area contributed by atoms with Crippen LogP contribution in [-0.2, 0) is 6.54 Å². The van der Waals surface area contributed by atoms with Crippen molar-refractivity contribution in [1.82, 2.24) is 4.57 Å². The molecule has 0 unspecified atom stereocenters. The molecule has 0 saturated carbocycles. The first kappa shape index (κ1) is 16.2. The average Bonchev–Trinajstić information content (AvgIpc) is 3.19. The van der Waals surface area contributed by atoms with Crippen molar-refractivity contribution in [1.29, 1.82) is 0 Å². The van der Waals surface area contributed by atoms with Crippen LogP contribution in [-0.4, -0.2) is 21.7 Å². The smallest absolute Gasteiger partial charge is 0.311 e. The van der Waals surface area contributed by atoms with E-state index < -0.39 is 0 Å². The van der Waals surface area contributed by atoms with Gasteiger partial charge in [0.1, 0.15) is 0 Å². The van der Waals surface area contributed by atoms with Crippen molar-refractivity contribution < 1.29 is 9.90 Å². The Hall–Kier alpha value is -3.25. The van der Waals surface area contributed by atoms with Crippen molar-refractivity contribution in [3.63, 3.8) is 0 Å². The number of para-hydroxylation sites is 1. The highest BCUT2D eigenvalue weighted by Gasteiger charge is 2.18. The maximum Gasteiger partial charge on any atom is 0.311 e. The highest BCUT2D eigenvalue weighted by Crippen LogP contribution is 2.34. The van der Waals surface area contributed by atoms with E-state index in [1.807, 2.05) is 30.3 Å². The van der Waals surface area contributed by atoms with Gasteiger partial charge >= 0.3 is 4.87 Å². The molecule has 128 valence electrons. The molecule has 1 N–H and O–H groups in total. The van der Waals surface area contributed by atoms with Crippen molar-refractivity contribution in [3.05, 3.63) is 80.3 Å². The largest absolute Gasteiger partial charge is 0.493 e. The number of carbonyl (C=O) groups excluding carboxylic acids is 1. The molecule has 3 aromatic rings. The monoisotopic (exact) mass is 362 g/mol. The Balaban J connectivity index is 1.66. The molecule has 2 heterocycles. The molecule has 26 heavy (non-hydrogen) atoms. The fraction of sp³-hybridized carbons (Fsp3) is 0.0500. The summed E-state index contributed by atoms with van der Waals surface area (Å²) in [5.74, 6) is -0.428. The predicted molar refractivity (Wildman–Crippen MR) is 103 cm³/mol. The van der Waals surface area contributed by atoms with Crippen molar-refractivity contribution >= 4 is 40.7 Å². The predicted octanol–water partition coefficient (Wildman–Crippen LogP) is 3.75. The summed E-state index contributed by atoms with van der Waals surface area (Å²) in [5, 5.41) is 10.4. The second-order valence-corrected chi connectivity index (χ2v) is 6.80. The number of nitrogens with zero attached hydrogens (tertiary/aromatic N) is 2. The van der Waals surface area contributed by atoms with Gasteiger partial charge in [-0.25, -0.2) is 0 Å². The van der Waals surface area contributed by atoms with E-state index in [1.54, 1.807) is 36.6 Å². The Morgan fingerprint density at radius 2 is 1.85 bits per heavy atom. The van der Waals surface area contributed by atoms with Crippen LogP contribution in [0.25, 0.3) is 11.6 Å². The molecule has 1 aromatic heterocycles. The van der Waals surface area contributed by atoms with Gasteiger partial charge in [0.15, 0.2) is 5.78 Å². The molecule has 0 atom stereocenters. The summed E-state index contributed by atoms with van der Waals surface area (Å²) >= 11 is 0.907. The van der Waals surface area contributed by atoms with E-state index in [0.29, 0.717) is 10.4 Å². The minimum atomic E-state index is -0.373. The van der Waals surface area contributed by atoms with Gasteiger partial charge in [0, 0.05) is 22.9 Å². The molecular formula is C20H14N2O3S. The topological polar surface area (TPSA) is 71.7 Å². The van der Waals surface area contributed by atoms with Crippen LogP contribution >= 0.6 is 11.3 Å². The van der Waals surface area contributed by atoms with Gasteiger partial charge in [-0.3, -0.25) is 19.1 Å². The van der Waals surface area contributed by atoms with Crippen molar-refractivity contribution in [3.8, 4) is 5.88 Å². The van der Waals surface area contributed by atoms with Gasteiger partial charge in [-0.15, -0.1) is 0 Å². The van der Waals surface area contributed by atoms with E-state index >= 15 is 0 Å². The number of hydrogen-bond donors (Lipinski definition) is 1. The Morgan fingerprint density at radius 3 is 2.65 bits per heavy atom. The lowest BCUT2D eigenvalue weighted by Gasteiger charge is -2.03. The molecular weight excluding hydrogens is 348 g/mol. The Labute approximate surface area is 153 Å². The van der Waals surface area contributed by atoms with Crippen LogP contribution in [0.15, 0.2) is 64.4 Å². The summed E-state index contributed by atoms with van der Waals surface area (Å²) in [6, 6.07) is 16.4. The van der Waals surface area contributed by atoms with E-state index in [4.69, 9.17) is 0 Å². The third-order valence-electron chi connectivity index (χ3n) is 4.14. The number of rotatable bonds is 4. The number of ketones is 1. The SMILES string of the molecule is O=C(Cn1c(O)c(C=C2C=Nc3ccccc32)sc1=O)c1ccccc1. The number of Topliss-reactive ketones (excluding diaryl/α,β-unsaturated/α-hetero) is 1. The van der Waals surface area contributed by atoms with Gasteiger partial charge in [-0.05, 0) is 12.1 Å². The second kappa shape index (κ2) is 6.57. The highest BCUT2D eigenvalue weighted by molar-refractivity contribution is 7.10. The highest BCUT2D eigenvalue weighted by atomic mass is 32.1. The zero-order valence-electron chi connectivity index (χ0n) is 13.6. The number of benzene rings is 2. The van der Waals surface area contributed by atoms with Gasteiger partial charge < -0.3 is 5.11 Å². The first-order valence-corrected chi connectivity index (χ1v) is 8.81. The third kappa shape index (κ3) is 2.91. The summed E-state index contributed by atoms with van der Waals surface area (Å²) in [6.45, 7) is -0.195. The fourth-order valence-corrected chi connectivity index (χ4v) is 3.64. The molecule has 2 aromatic carbocycles. The first-order chi connectivity index (χ1) is 12.6. The van der Waals surface area contributed by atoms with E-state index in [2.05, 4.69) is 4.99 Å². The molecule has 0 amide bonds. The van der Waals surface area contributed by atoms with Crippen LogP contribution in [0.2, 0.25) is 0 Å². The molecule has 4 rings (SSSR count). The van der Waals surface area contributed by atoms with Gasteiger partial charge in [0.25, 0.3) is 0 Å². The number of allylic oxidation sites excluding steroid dienone is 1. The Bertz CT molecular complexity index is 1110. The van der Waals surface area contributed by atoms with Crippen LogP contribution in [0, 0.1) is 0 Å². The maximum absolute atomic E-state index is 12.3. The third-order valence-corrected chi connectivity index (χ3v) is 5.05. The van der Waals surface area contributed by atoms with E-state index in [9.17, 15) is 14.7 Å². The lowest BCUT2D eigenvalue weighted by molar-refractivity contribution is 0.0968. The molecule has 0 aliphatic carbocycles. The van der Waals surface area contributed by atoms with Gasteiger partial charge in [0.2, 0.25) is 5.88 Å². The summed E-state index contributed by atoms with van der Waals surface area (Å²) in [7, 11) is 0. The lowest BCUT2D eigenvalue weighted by atomic mass is 10.1. The number of hydrogen-bond acceptors (Lipinski definition) is 5. The Morgan fingerprint density at radius 1 is 1.12 bits per heavy atom. The number of aromatic hydroxyl groups is 1. The van der Waals surface area contributed by atoms with Crippen LogP contribution in [0.1, 0.15) is 20.8 Å². The van der Waals surface area contributed by atoms with Crippen LogP contribution in [0.4, 0.5) is 5.69 Å². The van der Waals surface area contributed by atoms with Crippen LogP contribution in [0.3, 0.4) is 0 Å². The maximum atomic E-state index is 12.3. The van der Waals surface area contributed by atoms with Gasteiger partial charge in [0.05, 0.1) is 17.1 Å². The quantitative estimate of drug-likeness (QED) is 0.719. The number of fused-ring (bicyclic) bond motifs is 1. The molecule has 6 heteroatoms. The molecule has 0 fully saturated rings. The Kier molecular flexibility index (Phi) is 4.10. The second-order valence-electron chi connectivity index (χ2n) is 5.81. The van der Waals surface area contributed by atoms with Crippen molar-refractivity contribution in [2.75, 3.05) is 0 Å². The van der Waals surface area contributed by atoms with Crippen molar-refractivity contribution in [2.24, 2.45) is 4.99 Å². The number of carbonyl (C=O) groups is 1. The molecule has 1 aliphatic rings. The van der Waals surface area contributed by atoms with E-state index in [-0.39, 0.29) is 23.1 Å². The summed E-state index contributed by atoms with van der Waals surface area (Å²) < 4.78 is 1.10. The molecule has 1 aliphatic heterocycles. The molecule has 0 radical (unpaired) electrons. The lowest BCUT2D eigenvalue weighted by Crippen LogP contribution is -2.18. The van der Waals surface area contributed by atoms with E-state index in [1.165, 1.54) is 0 Å². The standard InChI is InChI=1S/C20H14N2O3S/c23-17(13-6-2-1-3-7-13)12-22-19(24)18(26-20(22)25)10-14-11-21-16-9-5-4-8-15(14)16/h1-11,24H,12H2. The first-order valence-electron chi connectivity index (χ1n) is 7.99. The zero-order valence-corrected chi connectivity index (χ0v) is 14.4. The summed E-state index contributed by atoms with van der Waals surface area (Å²) in [5.41, 5.74) is 3.12. The minimum Gasteiger partial charge on any atom is -0.493 e. The molecule has 0 saturated heterocycles. The minimum absolute atomic E-state index is 0.195.